The number of unbranched alkanes of at least 4 members (excludes halogenated alkanes) is 31. The van der Waals surface area contributed by atoms with Gasteiger partial charge in [0, 0.05) is 19.3 Å². The summed E-state index contributed by atoms with van der Waals surface area (Å²) in [5.41, 5.74) is 0. The summed E-state index contributed by atoms with van der Waals surface area (Å²) in [5.74, 6) is -0.913. The van der Waals surface area contributed by atoms with Crippen LogP contribution in [0.5, 0.6) is 0 Å². The van der Waals surface area contributed by atoms with Crippen LogP contribution in [0.15, 0.2) is 122 Å². The van der Waals surface area contributed by atoms with Gasteiger partial charge >= 0.3 is 17.9 Å². The molecule has 0 aliphatic rings. The maximum absolute atomic E-state index is 12.9. The number of allylic oxidation sites excluding steroid dienone is 20. The van der Waals surface area contributed by atoms with Crippen LogP contribution in [0.25, 0.3) is 0 Å². The van der Waals surface area contributed by atoms with Crippen molar-refractivity contribution < 1.29 is 28.6 Å². The van der Waals surface area contributed by atoms with Crippen LogP contribution in [0.3, 0.4) is 0 Å². The van der Waals surface area contributed by atoms with Crippen LogP contribution in [0.4, 0.5) is 0 Å². The van der Waals surface area contributed by atoms with E-state index in [1.54, 1.807) is 0 Å². The quantitative estimate of drug-likeness (QED) is 0.0261. The summed E-state index contributed by atoms with van der Waals surface area (Å²) < 4.78 is 16.8. The molecule has 0 aromatic carbocycles. The molecule has 6 heteroatoms. The van der Waals surface area contributed by atoms with E-state index in [1.807, 2.05) is 0 Å². The lowest BCUT2D eigenvalue weighted by molar-refractivity contribution is -0.167. The Bertz CT molecular complexity index is 1690. The number of rotatable bonds is 62. The van der Waals surface area contributed by atoms with Crippen LogP contribution in [0.2, 0.25) is 0 Å². The Morgan fingerprint density at radius 3 is 0.744 bits per heavy atom. The van der Waals surface area contributed by atoms with Crippen LogP contribution >= 0.6 is 0 Å². The van der Waals surface area contributed by atoms with E-state index in [0.29, 0.717) is 19.3 Å². The molecule has 0 radical (unpaired) electrons. The molecule has 1 atom stereocenters. The summed E-state index contributed by atoms with van der Waals surface area (Å²) in [7, 11) is 0. The first-order valence-electron chi connectivity index (χ1n) is 34.5. The Balaban J connectivity index is 4.02. The highest BCUT2D eigenvalue weighted by atomic mass is 16.6. The van der Waals surface area contributed by atoms with Crippen molar-refractivity contribution in [2.24, 2.45) is 0 Å². The molecular weight excluding hydrogens is 1010 g/mol. The first kappa shape index (κ1) is 77.8. The lowest BCUT2D eigenvalue weighted by Crippen LogP contribution is -2.30. The Labute approximate surface area is 507 Å². The van der Waals surface area contributed by atoms with E-state index in [1.165, 1.54) is 148 Å². The Morgan fingerprint density at radius 1 is 0.256 bits per heavy atom. The molecule has 0 N–H and O–H groups in total. The third-order valence-electron chi connectivity index (χ3n) is 14.7. The largest absolute Gasteiger partial charge is 0.462 e. The van der Waals surface area contributed by atoms with Gasteiger partial charge < -0.3 is 14.2 Å². The summed E-state index contributed by atoms with van der Waals surface area (Å²) in [6, 6.07) is 0. The van der Waals surface area contributed by atoms with E-state index in [2.05, 4.69) is 142 Å². The number of ether oxygens (including phenoxy) is 3. The van der Waals surface area contributed by atoms with Gasteiger partial charge in [0.05, 0.1) is 0 Å². The zero-order valence-corrected chi connectivity index (χ0v) is 53.7. The summed E-state index contributed by atoms with van der Waals surface area (Å²) in [6.07, 6.45) is 97.0. The number of hydrogen-bond acceptors (Lipinski definition) is 6. The highest BCUT2D eigenvalue weighted by Gasteiger charge is 2.19. The van der Waals surface area contributed by atoms with Crippen molar-refractivity contribution in [3.05, 3.63) is 122 Å². The van der Waals surface area contributed by atoms with Crippen LogP contribution in [-0.2, 0) is 28.6 Å². The molecule has 0 aliphatic heterocycles. The van der Waals surface area contributed by atoms with E-state index in [0.717, 1.165) is 135 Å². The molecular formula is C76H128O6. The third-order valence-corrected chi connectivity index (χ3v) is 14.7. The molecule has 1 unspecified atom stereocenters. The van der Waals surface area contributed by atoms with E-state index >= 15 is 0 Å². The normalized spacial score (nSPS) is 12.9. The minimum atomic E-state index is -0.790. The predicted octanol–water partition coefficient (Wildman–Crippen LogP) is 23.9. The van der Waals surface area contributed by atoms with Crippen LogP contribution in [0.1, 0.15) is 323 Å². The van der Waals surface area contributed by atoms with Gasteiger partial charge in [0.25, 0.3) is 0 Å². The molecule has 468 valence electrons. The molecule has 6 nitrogen and oxygen atoms in total. The second kappa shape index (κ2) is 69.3. The van der Waals surface area contributed by atoms with Gasteiger partial charge in [0.1, 0.15) is 13.2 Å². The zero-order chi connectivity index (χ0) is 59.2. The SMILES string of the molecule is CC/C=C\C/C=C\C/C=C\C/C=C\C/C=C\C/C=C\CCCCCCC(=O)OC(COC(=O)CCCCCCCC)COC(=O)CCCCCCCCCCCCCCCCCCCCCCCC/C=C\C/C=C\C/C=C\C/C=C\CC. The highest BCUT2D eigenvalue weighted by Crippen LogP contribution is 2.17. The van der Waals surface area contributed by atoms with Crippen molar-refractivity contribution in [2.45, 2.75) is 329 Å². The molecule has 0 rings (SSSR count). The average Bonchev–Trinajstić information content (AvgIpc) is 3.47. The molecule has 0 saturated carbocycles. The molecule has 0 fully saturated rings. The lowest BCUT2D eigenvalue weighted by Gasteiger charge is -2.18. The first-order chi connectivity index (χ1) is 40.5. The van der Waals surface area contributed by atoms with Gasteiger partial charge in [-0.05, 0) is 109 Å². The van der Waals surface area contributed by atoms with Gasteiger partial charge in [-0.2, -0.15) is 0 Å². The van der Waals surface area contributed by atoms with Crippen molar-refractivity contribution >= 4 is 17.9 Å². The number of esters is 3. The summed E-state index contributed by atoms with van der Waals surface area (Å²) in [6.45, 7) is 6.35. The van der Waals surface area contributed by atoms with Gasteiger partial charge in [-0.25, -0.2) is 0 Å². The Kier molecular flexibility index (Phi) is 65.8. The van der Waals surface area contributed by atoms with E-state index in [4.69, 9.17) is 14.2 Å². The minimum absolute atomic E-state index is 0.0866. The molecule has 0 aliphatic carbocycles. The summed E-state index contributed by atoms with van der Waals surface area (Å²) >= 11 is 0. The maximum atomic E-state index is 12.9. The van der Waals surface area contributed by atoms with E-state index < -0.39 is 6.10 Å². The molecule has 0 amide bonds. The molecule has 0 saturated heterocycles. The second-order valence-corrected chi connectivity index (χ2v) is 22.7. The second-order valence-electron chi connectivity index (χ2n) is 22.7. The van der Waals surface area contributed by atoms with E-state index in [9.17, 15) is 14.4 Å². The predicted molar refractivity (Wildman–Crippen MR) is 357 cm³/mol. The standard InChI is InChI=1S/C76H128O6/c1-4-7-10-13-16-18-20-22-24-26-28-30-32-33-34-35-36-37-38-39-40-41-42-43-45-46-48-50-52-54-56-58-60-63-66-69-75(78)81-72-73(71-80-74(77)68-65-62-15-12-9-6-3)82-76(79)70-67-64-61-59-57-55-53-51-49-47-44-31-29-27-25-23-21-19-17-14-11-8-5-2/h7-8,10-11,16-19,22-25,28-31,47,49,53,55,73H,4-6,9,12-15,20-21,26-27,32-46,48,50-52,54,56-72H2,1-3H3/b10-7-,11-8-,18-16-,19-17-,24-22-,25-23-,30-28-,31-29-,49-47-,55-53-. The third kappa shape index (κ3) is 66.6. The first-order valence-corrected chi connectivity index (χ1v) is 34.5. The highest BCUT2D eigenvalue weighted by molar-refractivity contribution is 5.71. The summed E-state index contributed by atoms with van der Waals surface area (Å²) in [4.78, 5) is 38.1. The van der Waals surface area contributed by atoms with Gasteiger partial charge in [0.15, 0.2) is 6.10 Å². The van der Waals surface area contributed by atoms with Crippen molar-refractivity contribution in [3.63, 3.8) is 0 Å². The molecule has 0 bridgehead atoms. The molecule has 0 aromatic heterocycles. The van der Waals surface area contributed by atoms with Gasteiger partial charge in [-0.15, -0.1) is 0 Å². The van der Waals surface area contributed by atoms with Crippen molar-refractivity contribution in [1.82, 2.24) is 0 Å². The van der Waals surface area contributed by atoms with E-state index in [-0.39, 0.29) is 31.1 Å². The van der Waals surface area contributed by atoms with Crippen molar-refractivity contribution in [2.75, 3.05) is 13.2 Å². The minimum Gasteiger partial charge on any atom is -0.462 e. The topological polar surface area (TPSA) is 78.9 Å². The van der Waals surface area contributed by atoms with Crippen LogP contribution in [0, 0.1) is 0 Å². The average molecular weight is 1140 g/mol. The van der Waals surface area contributed by atoms with Crippen molar-refractivity contribution in [1.29, 1.82) is 0 Å². The molecule has 0 aromatic rings. The number of carbonyl (C=O) groups is 3. The zero-order valence-electron chi connectivity index (χ0n) is 53.7. The molecule has 0 heterocycles. The Morgan fingerprint density at radius 2 is 0.476 bits per heavy atom. The smallest absolute Gasteiger partial charge is 0.306 e. The summed E-state index contributed by atoms with van der Waals surface area (Å²) in [5, 5.41) is 0. The monoisotopic (exact) mass is 1140 g/mol. The fourth-order valence-corrected chi connectivity index (χ4v) is 9.62. The number of hydrogen-bond donors (Lipinski definition) is 0. The maximum Gasteiger partial charge on any atom is 0.306 e. The van der Waals surface area contributed by atoms with Crippen LogP contribution < -0.4 is 0 Å². The van der Waals surface area contributed by atoms with Gasteiger partial charge in [0.2, 0.25) is 0 Å². The van der Waals surface area contributed by atoms with Crippen LogP contribution in [-0.4, -0.2) is 37.2 Å². The molecule has 82 heavy (non-hydrogen) atoms. The lowest BCUT2D eigenvalue weighted by atomic mass is 10.0. The fourth-order valence-electron chi connectivity index (χ4n) is 9.62. The van der Waals surface area contributed by atoms with Crippen molar-refractivity contribution in [3.8, 4) is 0 Å². The number of carbonyl (C=O) groups excluding carboxylic acids is 3. The van der Waals surface area contributed by atoms with Gasteiger partial charge in [-0.1, -0.05) is 316 Å². The Hall–Kier alpha value is -4.19. The molecule has 0 spiro atoms. The van der Waals surface area contributed by atoms with Gasteiger partial charge in [-0.3, -0.25) is 14.4 Å². The fraction of sp³-hybridized carbons (Fsp3) is 0.697.